The molecule has 0 aliphatic heterocycles. The molecule has 0 bridgehead atoms. The zero-order valence-corrected chi connectivity index (χ0v) is 16.7. The Bertz CT molecular complexity index is 1230. The molecule has 6 nitrogen and oxygen atoms in total. The zero-order valence-electron chi connectivity index (χ0n) is 16.7. The average molecular weight is 396 g/mol. The van der Waals surface area contributed by atoms with Crippen molar-refractivity contribution in [2.24, 2.45) is 0 Å². The normalized spacial score (nSPS) is 10.3. The lowest BCUT2D eigenvalue weighted by atomic mass is 10.1. The highest BCUT2D eigenvalue weighted by molar-refractivity contribution is 5.91. The Balaban J connectivity index is 1.60. The fourth-order valence-electron chi connectivity index (χ4n) is 2.96. The number of hydrogen-bond donors (Lipinski definition) is 1. The molecule has 0 saturated heterocycles. The smallest absolute Gasteiger partial charge is 0.145 e. The van der Waals surface area contributed by atoms with Crippen LogP contribution in [0.25, 0.3) is 10.9 Å². The monoisotopic (exact) mass is 396 g/mol. The summed E-state index contributed by atoms with van der Waals surface area (Å²) >= 11 is 0. The Hall–Kier alpha value is -3.95. The van der Waals surface area contributed by atoms with E-state index in [2.05, 4.69) is 32.1 Å². The molecular formula is C24H20N4O2. The van der Waals surface area contributed by atoms with Crippen molar-refractivity contribution in [1.82, 2.24) is 15.0 Å². The lowest BCUT2D eigenvalue weighted by molar-refractivity contribution is 0.240. The van der Waals surface area contributed by atoms with Crippen molar-refractivity contribution in [3.05, 3.63) is 78.4 Å². The number of nitrogens with zero attached hydrogens (tertiary/aromatic N) is 3. The van der Waals surface area contributed by atoms with Gasteiger partial charge in [0.05, 0.1) is 11.7 Å². The van der Waals surface area contributed by atoms with E-state index in [0.717, 1.165) is 39.3 Å². The molecule has 2 aromatic carbocycles. The summed E-state index contributed by atoms with van der Waals surface area (Å²) in [7, 11) is 1.62. The van der Waals surface area contributed by atoms with Crippen LogP contribution in [0.15, 0.2) is 67.3 Å². The van der Waals surface area contributed by atoms with Crippen molar-refractivity contribution < 1.29 is 9.47 Å². The van der Waals surface area contributed by atoms with Crippen LogP contribution in [0.1, 0.15) is 11.1 Å². The van der Waals surface area contributed by atoms with Crippen molar-refractivity contribution in [2.45, 2.75) is 6.92 Å². The van der Waals surface area contributed by atoms with E-state index in [1.165, 1.54) is 0 Å². The first-order valence-electron chi connectivity index (χ1n) is 9.41. The van der Waals surface area contributed by atoms with Crippen molar-refractivity contribution in [2.75, 3.05) is 19.0 Å². The van der Waals surface area contributed by atoms with Crippen LogP contribution in [0.5, 0.6) is 11.5 Å². The standard InChI is InChI=1S/C24H20N4O2/c1-17-13-19(8-10-23(17)30-20-6-3-11-25-15-20)28-24-21-14-18(5-4-12-29-2)7-9-22(21)26-16-27-24/h3,6-11,13-16H,12H2,1-2H3,(H,26,27,28). The van der Waals surface area contributed by atoms with Crippen LogP contribution < -0.4 is 10.1 Å². The van der Waals surface area contributed by atoms with E-state index in [1.54, 1.807) is 25.8 Å². The largest absolute Gasteiger partial charge is 0.455 e. The number of methoxy groups -OCH3 is 1. The first-order chi connectivity index (χ1) is 14.7. The summed E-state index contributed by atoms with van der Waals surface area (Å²) in [5.74, 6) is 8.25. The molecule has 6 heteroatoms. The number of fused-ring (bicyclic) bond motifs is 1. The second kappa shape index (κ2) is 9.03. The number of pyridine rings is 1. The van der Waals surface area contributed by atoms with Gasteiger partial charge in [0.25, 0.3) is 0 Å². The molecule has 4 aromatic rings. The van der Waals surface area contributed by atoms with Crippen molar-refractivity contribution in [1.29, 1.82) is 0 Å². The number of benzene rings is 2. The molecule has 0 spiro atoms. The lowest BCUT2D eigenvalue weighted by Gasteiger charge is -2.12. The third-order valence-electron chi connectivity index (χ3n) is 4.38. The van der Waals surface area contributed by atoms with E-state index in [0.29, 0.717) is 12.4 Å². The quantitative estimate of drug-likeness (QED) is 0.486. The molecule has 2 heterocycles. The predicted molar refractivity (Wildman–Crippen MR) is 117 cm³/mol. The molecule has 30 heavy (non-hydrogen) atoms. The van der Waals surface area contributed by atoms with Gasteiger partial charge in [0.2, 0.25) is 0 Å². The summed E-state index contributed by atoms with van der Waals surface area (Å²) in [6.07, 6.45) is 4.95. The number of aromatic nitrogens is 3. The molecule has 0 aliphatic rings. The summed E-state index contributed by atoms with van der Waals surface area (Å²) in [6, 6.07) is 15.5. The zero-order chi connectivity index (χ0) is 20.8. The van der Waals surface area contributed by atoms with Crippen LogP contribution in [0.2, 0.25) is 0 Å². The number of ether oxygens (including phenoxy) is 2. The van der Waals surface area contributed by atoms with Crippen LogP contribution in [0, 0.1) is 18.8 Å². The first kappa shape index (κ1) is 19.4. The lowest BCUT2D eigenvalue weighted by Crippen LogP contribution is -1.97. The highest BCUT2D eigenvalue weighted by atomic mass is 16.5. The maximum absolute atomic E-state index is 5.91. The molecule has 0 radical (unpaired) electrons. The third kappa shape index (κ3) is 4.54. The maximum Gasteiger partial charge on any atom is 0.145 e. The highest BCUT2D eigenvalue weighted by Crippen LogP contribution is 2.29. The van der Waals surface area contributed by atoms with Crippen LogP contribution in [-0.2, 0) is 4.74 Å². The molecule has 4 rings (SSSR count). The molecule has 0 fully saturated rings. The minimum absolute atomic E-state index is 0.390. The Morgan fingerprint density at radius 1 is 1.07 bits per heavy atom. The Labute approximate surface area is 174 Å². The average Bonchev–Trinajstić information content (AvgIpc) is 2.77. The van der Waals surface area contributed by atoms with E-state index in [4.69, 9.17) is 9.47 Å². The maximum atomic E-state index is 5.91. The van der Waals surface area contributed by atoms with E-state index < -0.39 is 0 Å². The van der Waals surface area contributed by atoms with Gasteiger partial charge in [-0.25, -0.2) is 9.97 Å². The minimum atomic E-state index is 0.390. The van der Waals surface area contributed by atoms with Crippen molar-refractivity contribution in [3.63, 3.8) is 0 Å². The second-order valence-corrected chi connectivity index (χ2v) is 6.59. The van der Waals surface area contributed by atoms with Crippen LogP contribution >= 0.6 is 0 Å². The molecular weight excluding hydrogens is 376 g/mol. The number of anilines is 2. The Kier molecular flexibility index (Phi) is 5.83. The van der Waals surface area contributed by atoms with Gasteiger partial charge in [-0.15, -0.1) is 0 Å². The minimum Gasteiger partial charge on any atom is -0.455 e. The van der Waals surface area contributed by atoms with Gasteiger partial charge in [0.15, 0.2) is 0 Å². The molecule has 148 valence electrons. The molecule has 0 atom stereocenters. The van der Waals surface area contributed by atoms with Crippen LogP contribution in [0.3, 0.4) is 0 Å². The van der Waals surface area contributed by atoms with Crippen molar-refractivity contribution >= 4 is 22.4 Å². The van der Waals surface area contributed by atoms with Gasteiger partial charge in [0.1, 0.15) is 30.3 Å². The third-order valence-corrected chi connectivity index (χ3v) is 4.38. The first-order valence-corrected chi connectivity index (χ1v) is 9.41. The van der Waals surface area contributed by atoms with Crippen LogP contribution in [-0.4, -0.2) is 28.7 Å². The van der Waals surface area contributed by atoms with E-state index in [9.17, 15) is 0 Å². The fourth-order valence-corrected chi connectivity index (χ4v) is 2.96. The van der Waals surface area contributed by atoms with Crippen molar-refractivity contribution in [3.8, 4) is 23.3 Å². The number of rotatable bonds is 5. The molecule has 0 aliphatic carbocycles. The van der Waals surface area contributed by atoms with Crippen LogP contribution in [0.4, 0.5) is 11.5 Å². The topological polar surface area (TPSA) is 69.2 Å². The predicted octanol–water partition coefficient (Wildman–Crippen LogP) is 4.87. The fraction of sp³-hybridized carbons (Fsp3) is 0.125. The summed E-state index contributed by atoms with van der Waals surface area (Å²) in [5.41, 5.74) is 3.63. The number of nitrogens with one attached hydrogen (secondary N) is 1. The Morgan fingerprint density at radius 2 is 2.00 bits per heavy atom. The SMILES string of the molecule is COCC#Cc1ccc2ncnc(Nc3ccc(Oc4cccnc4)c(C)c3)c2c1. The van der Waals surface area contributed by atoms with Gasteiger partial charge in [-0.05, 0) is 61.0 Å². The summed E-state index contributed by atoms with van der Waals surface area (Å²) in [6.45, 7) is 2.39. The van der Waals surface area contributed by atoms with Gasteiger partial charge < -0.3 is 14.8 Å². The molecule has 0 unspecified atom stereocenters. The van der Waals surface area contributed by atoms with E-state index >= 15 is 0 Å². The molecule has 0 saturated carbocycles. The number of aryl methyl sites for hydroxylation is 1. The number of hydrogen-bond acceptors (Lipinski definition) is 6. The molecule has 0 amide bonds. The highest BCUT2D eigenvalue weighted by Gasteiger charge is 2.07. The summed E-state index contributed by atoms with van der Waals surface area (Å²) in [5, 5.41) is 4.28. The van der Waals surface area contributed by atoms with E-state index in [-0.39, 0.29) is 0 Å². The van der Waals surface area contributed by atoms with Gasteiger partial charge in [-0.3, -0.25) is 4.98 Å². The summed E-state index contributed by atoms with van der Waals surface area (Å²) < 4.78 is 10.9. The van der Waals surface area contributed by atoms with Gasteiger partial charge in [-0.1, -0.05) is 11.8 Å². The summed E-state index contributed by atoms with van der Waals surface area (Å²) in [4.78, 5) is 12.8. The molecule has 2 aromatic heterocycles. The Morgan fingerprint density at radius 3 is 2.80 bits per heavy atom. The van der Waals surface area contributed by atoms with Gasteiger partial charge in [0, 0.05) is 29.9 Å². The van der Waals surface area contributed by atoms with E-state index in [1.807, 2.05) is 55.5 Å². The molecule has 1 N–H and O–H groups in total. The van der Waals surface area contributed by atoms with Gasteiger partial charge in [-0.2, -0.15) is 0 Å². The second-order valence-electron chi connectivity index (χ2n) is 6.59. The van der Waals surface area contributed by atoms with Gasteiger partial charge >= 0.3 is 0 Å².